The first-order chi connectivity index (χ1) is 11.1. The number of aryl methyl sites for hydroxylation is 1. The molecule has 1 unspecified atom stereocenters. The predicted molar refractivity (Wildman–Crippen MR) is 90.0 cm³/mol. The van der Waals surface area contributed by atoms with Crippen LogP contribution in [0, 0.1) is 18.8 Å². The van der Waals surface area contributed by atoms with Crippen LogP contribution in [0.2, 0.25) is 5.15 Å². The smallest absolute Gasteiger partial charge is 0.258 e. The fraction of sp³-hybridized carbons (Fsp3) is 0.444. The molecule has 0 spiro atoms. The summed E-state index contributed by atoms with van der Waals surface area (Å²) in [5, 5.41) is 4.89. The Bertz CT molecular complexity index is 736. The van der Waals surface area contributed by atoms with Crippen LogP contribution in [0.4, 0.5) is 0 Å². The van der Waals surface area contributed by atoms with Crippen LogP contribution in [0.5, 0.6) is 0 Å². The van der Waals surface area contributed by atoms with E-state index in [4.69, 9.17) is 11.6 Å². The third-order valence-corrected chi connectivity index (χ3v) is 5.37. The SMILES string of the molecule is Cc1nn(-c2ccccc2)c(Cl)c1C(=O)N1CCC(C2CC2)C1. The highest BCUT2D eigenvalue weighted by molar-refractivity contribution is 6.33. The fourth-order valence-electron chi connectivity index (χ4n) is 3.56. The molecule has 120 valence electrons. The number of halogens is 1. The first-order valence-electron chi connectivity index (χ1n) is 8.25. The maximum atomic E-state index is 12.9. The summed E-state index contributed by atoms with van der Waals surface area (Å²) in [5.74, 6) is 1.55. The molecule has 0 radical (unpaired) electrons. The minimum Gasteiger partial charge on any atom is -0.338 e. The molecule has 0 bridgehead atoms. The molecule has 2 fully saturated rings. The van der Waals surface area contributed by atoms with Gasteiger partial charge < -0.3 is 4.90 Å². The molecule has 1 aromatic heterocycles. The summed E-state index contributed by atoms with van der Waals surface area (Å²) in [7, 11) is 0. The van der Waals surface area contributed by atoms with Crippen LogP contribution >= 0.6 is 11.6 Å². The molecule has 4 nitrogen and oxygen atoms in total. The number of benzene rings is 1. The highest BCUT2D eigenvalue weighted by atomic mass is 35.5. The summed E-state index contributed by atoms with van der Waals surface area (Å²) in [6.45, 7) is 3.56. The van der Waals surface area contributed by atoms with Gasteiger partial charge >= 0.3 is 0 Å². The molecule has 1 aliphatic carbocycles. The molecule has 0 N–H and O–H groups in total. The van der Waals surface area contributed by atoms with Gasteiger partial charge in [0.05, 0.1) is 16.9 Å². The molecular formula is C18H20ClN3O. The van der Waals surface area contributed by atoms with E-state index >= 15 is 0 Å². The first kappa shape index (κ1) is 14.8. The second kappa shape index (κ2) is 5.68. The van der Waals surface area contributed by atoms with Crippen molar-refractivity contribution in [3.8, 4) is 5.69 Å². The van der Waals surface area contributed by atoms with E-state index < -0.39 is 0 Å². The highest BCUT2D eigenvalue weighted by Crippen LogP contribution is 2.41. The zero-order valence-electron chi connectivity index (χ0n) is 13.2. The van der Waals surface area contributed by atoms with Crippen LogP contribution in [-0.4, -0.2) is 33.7 Å². The van der Waals surface area contributed by atoms with E-state index in [1.165, 1.54) is 12.8 Å². The van der Waals surface area contributed by atoms with E-state index in [2.05, 4.69) is 5.10 Å². The van der Waals surface area contributed by atoms with Gasteiger partial charge in [-0.05, 0) is 50.2 Å². The number of carbonyl (C=O) groups is 1. The van der Waals surface area contributed by atoms with E-state index in [0.717, 1.165) is 31.1 Å². The normalized spacial score (nSPS) is 21.0. The fourth-order valence-corrected chi connectivity index (χ4v) is 3.92. The largest absolute Gasteiger partial charge is 0.338 e. The molecule has 5 heteroatoms. The third kappa shape index (κ3) is 2.65. The van der Waals surface area contributed by atoms with E-state index in [0.29, 0.717) is 22.3 Å². The van der Waals surface area contributed by atoms with Crippen molar-refractivity contribution in [3.63, 3.8) is 0 Å². The number of likely N-dealkylation sites (tertiary alicyclic amines) is 1. The summed E-state index contributed by atoms with van der Waals surface area (Å²) in [6, 6.07) is 9.69. The lowest BCUT2D eigenvalue weighted by Crippen LogP contribution is -2.29. The maximum Gasteiger partial charge on any atom is 0.258 e. The molecule has 1 amide bonds. The molecule has 1 aliphatic heterocycles. The molecule has 1 aromatic carbocycles. The maximum absolute atomic E-state index is 12.9. The van der Waals surface area contributed by atoms with Crippen molar-refractivity contribution in [2.45, 2.75) is 26.2 Å². The minimum absolute atomic E-state index is 0.0258. The van der Waals surface area contributed by atoms with Gasteiger partial charge in [-0.1, -0.05) is 29.8 Å². The lowest BCUT2D eigenvalue weighted by atomic mass is 10.0. The van der Waals surface area contributed by atoms with Gasteiger partial charge in [-0.15, -0.1) is 0 Å². The Balaban J connectivity index is 1.61. The number of para-hydroxylation sites is 1. The van der Waals surface area contributed by atoms with Gasteiger partial charge in [0, 0.05) is 13.1 Å². The van der Waals surface area contributed by atoms with Gasteiger partial charge in [0.1, 0.15) is 5.15 Å². The van der Waals surface area contributed by atoms with Crippen molar-refractivity contribution >= 4 is 17.5 Å². The summed E-state index contributed by atoms with van der Waals surface area (Å²) in [5.41, 5.74) is 2.11. The average molecular weight is 330 g/mol. The van der Waals surface area contributed by atoms with Crippen LogP contribution < -0.4 is 0 Å². The van der Waals surface area contributed by atoms with E-state index in [9.17, 15) is 4.79 Å². The predicted octanol–water partition coefficient (Wildman–Crippen LogP) is 3.71. The van der Waals surface area contributed by atoms with Crippen LogP contribution in [0.15, 0.2) is 30.3 Å². The average Bonchev–Trinajstić information content (AvgIpc) is 3.21. The highest BCUT2D eigenvalue weighted by Gasteiger charge is 2.38. The number of carbonyl (C=O) groups excluding carboxylic acids is 1. The van der Waals surface area contributed by atoms with Crippen molar-refractivity contribution in [1.82, 2.24) is 14.7 Å². The molecule has 1 atom stereocenters. The third-order valence-electron chi connectivity index (χ3n) is 5.02. The number of hydrogen-bond acceptors (Lipinski definition) is 2. The topological polar surface area (TPSA) is 38.1 Å². The van der Waals surface area contributed by atoms with Gasteiger partial charge in [0.15, 0.2) is 0 Å². The van der Waals surface area contributed by atoms with E-state index in [1.807, 2.05) is 42.2 Å². The molecular weight excluding hydrogens is 310 g/mol. The monoisotopic (exact) mass is 329 g/mol. The molecule has 2 aliphatic rings. The summed E-state index contributed by atoms with van der Waals surface area (Å²) < 4.78 is 1.65. The molecule has 1 saturated heterocycles. The Morgan fingerprint density at radius 2 is 1.91 bits per heavy atom. The minimum atomic E-state index is 0.0258. The molecule has 23 heavy (non-hydrogen) atoms. The standard InChI is InChI=1S/C18H20ClN3O/c1-12-16(17(19)22(20-12)15-5-3-2-4-6-15)18(23)21-10-9-14(11-21)13-7-8-13/h2-6,13-14H,7-11H2,1H3. The van der Waals surface area contributed by atoms with Crippen LogP contribution in [0.3, 0.4) is 0 Å². The second-order valence-corrected chi connectivity index (χ2v) is 6.99. The van der Waals surface area contributed by atoms with Crippen LogP contribution in [0.1, 0.15) is 35.3 Å². The lowest BCUT2D eigenvalue weighted by molar-refractivity contribution is 0.0785. The Labute approximate surface area is 141 Å². The molecule has 4 rings (SSSR count). The first-order valence-corrected chi connectivity index (χ1v) is 8.62. The second-order valence-electron chi connectivity index (χ2n) is 6.64. The van der Waals surface area contributed by atoms with Crippen molar-refractivity contribution < 1.29 is 4.79 Å². The zero-order chi connectivity index (χ0) is 16.0. The summed E-state index contributed by atoms with van der Waals surface area (Å²) >= 11 is 6.50. The number of hydrogen-bond donors (Lipinski definition) is 0. The van der Waals surface area contributed by atoms with Crippen LogP contribution in [0.25, 0.3) is 5.69 Å². The number of nitrogens with zero attached hydrogens (tertiary/aromatic N) is 3. The number of amides is 1. The Morgan fingerprint density at radius 3 is 2.61 bits per heavy atom. The zero-order valence-corrected chi connectivity index (χ0v) is 14.0. The number of rotatable bonds is 3. The lowest BCUT2D eigenvalue weighted by Gasteiger charge is -2.16. The van der Waals surface area contributed by atoms with Crippen molar-refractivity contribution in [3.05, 3.63) is 46.7 Å². The quantitative estimate of drug-likeness (QED) is 0.861. The summed E-state index contributed by atoms with van der Waals surface area (Å²) in [6.07, 6.45) is 3.79. The molecule has 2 heterocycles. The van der Waals surface area contributed by atoms with Crippen LogP contribution in [-0.2, 0) is 0 Å². The molecule has 2 aromatic rings. The summed E-state index contributed by atoms with van der Waals surface area (Å²) in [4.78, 5) is 14.9. The Morgan fingerprint density at radius 1 is 1.17 bits per heavy atom. The van der Waals surface area contributed by atoms with Gasteiger partial charge in [0.2, 0.25) is 0 Å². The van der Waals surface area contributed by atoms with Crippen molar-refractivity contribution in [1.29, 1.82) is 0 Å². The Kier molecular flexibility index (Phi) is 3.64. The van der Waals surface area contributed by atoms with Gasteiger partial charge in [-0.3, -0.25) is 4.79 Å². The van der Waals surface area contributed by atoms with E-state index in [-0.39, 0.29) is 5.91 Å². The van der Waals surface area contributed by atoms with Crippen molar-refractivity contribution in [2.24, 2.45) is 11.8 Å². The molecule has 1 saturated carbocycles. The Hall–Kier alpha value is -1.81. The van der Waals surface area contributed by atoms with Gasteiger partial charge in [-0.2, -0.15) is 5.10 Å². The van der Waals surface area contributed by atoms with Gasteiger partial charge in [-0.25, -0.2) is 4.68 Å². The number of aromatic nitrogens is 2. The van der Waals surface area contributed by atoms with E-state index in [1.54, 1.807) is 4.68 Å². The van der Waals surface area contributed by atoms with Gasteiger partial charge in [0.25, 0.3) is 5.91 Å². The van der Waals surface area contributed by atoms with Crippen molar-refractivity contribution in [2.75, 3.05) is 13.1 Å².